The Morgan fingerprint density at radius 2 is 2.12 bits per heavy atom. The number of thioether (sulfide) groups is 1. The summed E-state index contributed by atoms with van der Waals surface area (Å²) in [6.07, 6.45) is 0.992. The Morgan fingerprint density at radius 1 is 1.35 bits per heavy atom. The second-order valence-electron chi connectivity index (χ2n) is 6.79. The molecule has 0 N–H and O–H groups in total. The maximum Gasteiger partial charge on any atom is 0.276 e. The first-order valence-corrected chi connectivity index (χ1v) is 10.4. The Kier molecular flexibility index (Phi) is 4.73. The van der Waals surface area contributed by atoms with Crippen LogP contribution in [0.2, 0.25) is 0 Å². The lowest BCUT2D eigenvalue weighted by Crippen LogP contribution is -2.25. The van der Waals surface area contributed by atoms with E-state index in [2.05, 4.69) is 18.5 Å². The van der Waals surface area contributed by atoms with Crippen LogP contribution in [0.3, 0.4) is 0 Å². The van der Waals surface area contributed by atoms with Gasteiger partial charge >= 0.3 is 0 Å². The zero-order valence-electron chi connectivity index (χ0n) is 15.0. The van der Waals surface area contributed by atoms with Gasteiger partial charge in [0.1, 0.15) is 4.70 Å². The predicted molar refractivity (Wildman–Crippen MR) is 111 cm³/mol. The van der Waals surface area contributed by atoms with E-state index in [1.807, 2.05) is 37.3 Å². The van der Waals surface area contributed by atoms with Gasteiger partial charge in [0.05, 0.1) is 11.2 Å². The van der Waals surface area contributed by atoms with Crippen molar-refractivity contribution >= 4 is 33.3 Å². The highest BCUT2D eigenvalue weighted by molar-refractivity contribution is 7.99. The van der Waals surface area contributed by atoms with Crippen LogP contribution >= 0.6 is 23.1 Å². The van der Waals surface area contributed by atoms with Crippen LogP contribution in [-0.4, -0.2) is 33.8 Å². The Labute approximate surface area is 161 Å². The topological polar surface area (TPSA) is 38.1 Å². The van der Waals surface area contributed by atoms with Crippen LogP contribution in [0, 0.1) is 0 Å². The third-order valence-corrected chi connectivity index (χ3v) is 6.91. The fraction of sp³-hybridized carbons (Fsp3) is 0.300. The Bertz CT molecular complexity index is 1040. The van der Waals surface area contributed by atoms with Crippen molar-refractivity contribution in [3.8, 4) is 5.69 Å². The van der Waals surface area contributed by atoms with Crippen LogP contribution in [0.5, 0.6) is 0 Å². The minimum atomic E-state index is 0.0347. The third kappa shape index (κ3) is 3.13. The van der Waals surface area contributed by atoms with Gasteiger partial charge in [-0.05, 0) is 32.5 Å². The first kappa shape index (κ1) is 17.5. The summed E-state index contributed by atoms with van der Waals surface area (Å²) in [6.45, 7) is 7.88. The maximum atomic E-state index is 13.4. The minimum absolute atomic E-state index is 0.0347. The second kappa shape index (κ2) is 7.02. The molecule has 0 spiro atoms. The van der Waals surface area contributed by atoms with Crippen LogP contribution in [0.1, 0.15) is 17.4 Å². The summed E-state index contributed by atoms with van der Waals surface area (Å²) in [7, 11) is 2.12. The van der Waals surface area contributed by atoms with Crippen molar-refractivity contribution in [1.29, 1.82) is 0 Å². The van der Waals surface area contributed by atoms with Crippen molar-refractivity contribution in [3.05, 3.63) is 63.3 Å². The number of hydrogen-bond donors (Lipinski definition) is 0. The molecule has 0 fully saturated rings. The lowest BCUT2D eigenvalue weighted by molar-refractivity contribution is 0.316. The highest BCUT2D eigenvalue weighted by atomic mass is 32.2. The molecule has 1 aliphatic heterocycles. The Balaban J connectivity index is 1.96. The summed E-state index contributed by atoms with van der Waals surface area (Å²) in [5, 5.41) is 0.741. The molecule has 4 nitrogen and oxygen atoms in total. The van der Waals surface area contributed by atoms with Crippen molar-refractivity contribution in [2.75, 3.05) is 19.3 Å². The molecule has 26 heavy (non-hydrogen) atoms. The van der Waals surface area contributed by atoms with Gasteiger partial charge in [-0.3, -0.25) is 9.36 Å². The number of rotatable bonds is 4. The molecule has 0 bridgehead atoms. The first-order valence-electron chi connectivity index (χ1n) is 8.63. The minimum Gasteiger partial charge on any atom is -0.302 e. The number of hydrogen-bond acceptors (Lipinski definition) is 5. The Hall–Kier alpha value is -1.89. The van der Waals surface area contributed by atoms with Crippen molar-refractivity contribution < 1.29 is 0 Å². The number of fused-ring (bicyclic) bond motifs is 3. The molecule has 3 aromatic rings. The van der Waals surface area contributed by atoms with E-state index in [1.165, 1.54) is 10.4 Å². The molecule has 0 saturated heterocycles. The molecule has 2 aromatic heterocycles. The molecular weight excluding hydrogens is 362 g/mol. The SMILES string of the molecule is C=C(C)CSc1nc2c3c(sc2c(=O)n1-c1ccccc1)CCN(C)C3. The zero-order valence-corrected chi connectivity index (χ0v) is 16.6. The van der Waals surface area contributed by atoms with Crippen LogP contribution < -0.4 is 5.56 Å². The summed E-state index contributed by atoms with van der Waals surface area (Å²) in [4.78, 5) is 21.9. The molecule has 0 saturated carbocycles. The van der Waals surface area contributed by atoms with Crippen LogP contribution in [-0.2, 0) is 13.0 Å². The third-order valence-electron chi connectivity index (χ3n) is 4.47. The van der Waals surface area contributed by atoms with Crippen LogP contribution in [0.4, 0.5) is 0 Å². The molecule has 0 aliphatic carbocycles. The maximum absolute atomic E-state index is 13.4. The average Bonchev–Trinajstić information content (AvgIpc) is 2.99. The number of aromatic nitrogens is 2. The second-order valence-corrected chi connectivity index (χ2v) is 8.83. The van der Waals surface area contributed by atoms with Crippen LogP contribution in [0.25, 0.3) is 15.9 Å². The van der Waals surface area contributed by atoms with E-state index < -0.39 is 0 Å². The molecule has 134 valence electrons. The van der Waals surface area contributed by atoms with E-state index in [9.17, 15) is 4.79 Å². The largest absolute Gasteiger partial charge is 0.302 e. The zero-order chi connectivity index (χ0) is 18.3. The lowest BCUT2D eigenvalue weighted by atomic mass is 10.1. The Morgan fingerprint density at radius 3 is 2.85 bits per heavy atom. The molecule has 0 amide bonds. The number of para-hydroxylation sites is 1. The molecular formula is C20H21N3OS2. The standard InChI is InChI=1S/C20H21N3OS2/c1-13(2)12-25-20-21-17-15-11-22(3)10-9-16(15)26-18(17)19(24)23(20)14-7-5-4-6-8-14/h4-8H,1,9-12H2,2-3H3. The van der Waals surface area contributed by atoms with Crippen molar-refractivity contribution in [3.63, 3.8) is 0 Å². The molecule has 0 atom stereocenters. The summed E-state index contributed by atoms with van der Waals surface area (Å²) in [5.41, 5.74) is 4.08. The van der Waals surface area contributed by atoms with Gasteiger partial charge in [-0.15, -0.1) is 11.3 Å². The summed E-state index contributed by atoms with van der Waals surface area (Å²) >= 11 is 3.20. The summed E-state index contributed by atoms with van der Waals surface area (Å²) in [6, 6.07) is 9.78. The summed E-state index contributed by atoms with van der Waals surface area (Å²) < 4.78 is 2.52. The normalized spacial score (nSPS) is 14.5. The van der Waals surface area contributed by atoms with Crippen LogP contribution in [0.15, 0.2) is 52.4 Å². The fourth-order valence-electron chi connectivity index (χ4n) is 3.20. The van der Waals surface area contributed by atoms with E-state index in [1.54, 1.807) is 27.7 Å². The van der Waals surface area contributed by atoms with E-state index in [0.717, 1.165) is 51.9 Å². The first-order chi connectivity index (χ1) is 12.5. The highest BCUT2D eigenvalue weighted by Crippen LogP contribution is 2.34. The molecule has 1 aromatic carbocycles. The van der Waals surface area contributed by atoms with Gasteiger partial charge in [0.15, 0.2) is 5.16 Å². The molecule has 6 heteroatoms. The smallest absolute Gasteiger partial charge is 0.276 e. The van der Waals surface area contributed by atoms with Crippen molar-refractivity contribution in [1.82, 2.24) is 14.5 Å². The number of benzene rings is 1. The van der Waals surface area contributed by atoms with Gasteiger partial charge in [0.2, 0.25) is 0 Å². The molecule has 3 heterocycles. The number of thiophene rings is 1. The lowest BCUT2D eigenvalue weighted by Gasteiger charge is -2.22. The molecule has 0 unspecified atom stereocenters. The van der Waals surface area contributed by atoms with Gasteiger partial charge in [0, 0.05) is 29.3 Å². The quantitative estimate of drug-likeness (QED) is 0.386. The number of nitrogens with zero attached hydrogens (tertiary/aromatic N) is 3. The van der Waals surface area contributed by atoms with Crippen molar-refractivity contribution in [2.24, 2.45) is 0 Å². The molecule has 0 radical (unpaired) electrons. The monoisotopic (exact) mass is 383 g/mol. The van der Waals surface area contributed by atoms with Gasteiger partial charge < -0.3 is 4.90 Å². The average molecular weight is 384 g/mol. The van der Waals surface area contributed by atoms with Crippen molar-refractivity contribution in [2.45, 2.75) is 25.0 Å². The summed E-state index contributed by atoms with van der Waals surface area (Å²) in [5.74, 6) is 0.747. The van der Waals surface area contributed by atoms with E-state index in [4.69, 9.17) is 4.98 Å². The molecule has 1 aliphatic rings. The molecule has 4 rings (SSSR count). The van der Waals surface area contributed by atoms with E-state index in [-0.39, 0.29) is 5.56 Å². The highest BCUT2D eigenvalue weighted by Gasteiger charge is 2.24. The van der Waals surface area contributed by atoms with E-state index >= 15 is 0 Å². The van der Waals surface area contributed by atoms with Gasteiger partial charge in [-0.25, -0.2) is 4.98 Å². The van der Waals surface area contributed by atoms with Gasteiger partial charge in [-0.1, -0.05) is 42.1 Å². The number of likely N-dealkylation sites (N-methyl/N-ethyl adjacent to an activating group) is 1. The van der Waals surface area contributed by atoms with Gasteiger partial charge in [-0.2, -0.15) is 0 Å². The van der Waals surface area contributed by atoms with Gasteiger partial charge in [0.25, 0.3) is 5.56 Å². The fourth-order valence-corrected chi connectivity index (χ4v) is 5.21. The van der Waals surface area contributed by atoms with E-state index in [0.29, 0.717) is 0 Å². The predicted octanol–water partition coefficient (Wildman–Crippen LogP) is 4.10.